The normalized spacial score (nSPS) is 32.9. The van der Waals surface area contributed by atoms with Gasteiger partial charge in [-0.25, -0.2) is 10.0 Å². The first-order valence-electron chi connectivity index (χ1n) is 16.2. The van der Waals surface area contributed by atoms with E-state index >= 15 is 0 Å². The first kappa shape index (κ1) is 35.5. The van der Waals surface area contributed by atoms with Crippen LogP contribution in [0.15, 0.2) is 35.9 Å². The van der Waals surface area contributed by atoms with Crippen molar-refractivity contribution in [3.05, 3.63) is 46.7 Å². The summed E-state index contributed by atoms with van der Waals surface area (Å²) >= 11 is 0. The van der Waals surface area contributed by atoms with E-state index in [9.17, 15) is 49.3 Å². The Kier molecular flexibility index (Phi) is 9.79. The van der Waals surface area contributed by atoms with Gasteiger partial charge in [0.15, 0.2) is 24.1 Å². The highest BCUT2D eigenvalue weighted by atomic mass is 16.8. The zero-order valence-electron chi connectivity index (χ0n) is 26.9. The summed E-state index contributed by atoms with van der Waals surface area (Å²) in [6, 6.07) is 3.10. The van der Waals surface area contributed by atoms with E-state index in [0.717, 1.165) is 11.6 Å². The highest BCUT2D eigenvalue weighted by Gasteiger charge is 2.68. The number of benzene rings is 1. The van der Waals surface area contributed by atoms with E-state index in [2.05, 4.69) is 12.2 Å². The molecule has 48 heavy (non-hydrogen) atoms. The van der Waals surface area contributed by atoms with Gasteiger partial charge in [-0.2, -0.15) is 5.23 Å². The number of aliphatic hydroxyl groups is 2. The van der Waals surface area contributed by atoms with E-state index in [1.165, 1.54) is 18.2 Å². The van der Waals surface area contributed by atoms with Gasteiger partial charge in [-0.1, -0.05) is 31.6 Å². The molecule has 9 atom stereocenters. The third-order valence-electron chi connectivity index (χ3n) is 11.6. The Morgan fingerprint density at radius 2 is 1.83 bits per heavy atom. The molecule has 0 aromatic heterocycles. The van der Waals surface area contributed by atoms with E-state index < -0.39 is 76.9 Å². The number of carboxylic acid groups (broad SMARTS) is 1. The first-order chi connectivity index (χ1) is 22.5. The average Bonchev–Trinajstić information content (AvgIpc) is 3.31. The number of ketones is 3. The smallest absolute Gasteiger partial charge is 0.329 e. The summed E-state index contributed by atoms with van der Waals surface area (Å²) in [5.41, 5.74) is -2.62. The molecule has 260 valence electrons. The molecule has 1 aromatic rings. The van der Waals surface area contributed by atoms with Crippen molar-refractivity contribution in [2.45, 2.75) is 89.4 Å². The van der Waals surface area contributed by atoms with Crippen molar-refractivity contribution in [3.8, 4) is 0 Å². The highest BCUT2D eigenvalue weighted by Crippen LogP contribution is 2.66. The van der Waals surface area contributed by atoms with Crippen LogP contribution in [0.5, 0.6) is 0 Å². The number of carbonyl (C=O) groups excluding carboxylic acids is 5. The molecule has 0 heterocycles. The number of carboxylic acids is 1. The standard InChI is InChI=1S/C34H42N2O12/c1-32-12-10-21(37)15-19(32)6-7-22-23-11-13-34(45,33(23,2)16-24(38)28(22)32)25(39)17-48-27(41)9-8-26(40)35-29(31(43)44)30(42)18-4-3-5-20(14-18)36(46)47/h3-5,14-15,22-23,28-30,36,42,45-46H,6-13,16-17H2,1-2H3,(H,35,40)(H,43,44)/t22-,23-,28+,29+,30-,32+,33-,34+/m1/s1. The van der Waals surface area contributed by atoms with Crippen LogP contribution in [0.1, 0.15) is 83.3 Å². The number of esters is 1. The fraction of sp³-hybridized carbons (Fsp3) is 0.588. The molecule has 3 fully saturated rings. The van der Waals surface area contributed by atoms with Crippen LogP contribution in [0, 0.1) is 33.8 Å². The van der Waals surface area contributed by atoms with Gasteiger partial charge in [-0.3, -0.25) is 24.0 Å². The average molecular weight is 671 g/mol. The number of hydrogen-bond donors (Lipinski definition) is 6. The molecule has 5 rings (SSSR count). The Balaban J connectivity index is 1.16. The summed E-state index contributed by atoms with van der Waals surface area (Å²) in [5, 5.41) is 53.1. The van der Waals surface area contributed by atoms with E-state index in [1.54, 1.807) is 13.0 Å². The lowest BCUT2D eigenvalue weighted by molar-refractivity contribution is -0.991. The van der Waals surface area contributed by atoms with Gasteiger partial charge >= 0.3 is 11.9 Å². The molecule has 14 nitrogen and oxygen atoms in total. The predicted molar refractivity (Wildman–Crippen MR) is 164 cm³/mol. The Labute approximate surface area is 276 Å². The number of aliphatic carboxylic acids is 1. The van der Waals surface area contributed by atoms with E-state index in [4.69, 9.17) is 9.94 Å². The van der Waals surface area contributed by atoms with Crippen LogP contribution in [0.25, 0.3) is 0 Å². The predicted octanol–water partition coefficient (Wildman–Crippen LogP) is 1.03. The number of quaternary nitrogens is 1. The monoisotopic (exact) mass is 670 g/mol. The molecule has 1 amide bonds. The third-order valence-corrected chi connectivity index (χ3v) is 11.6. The maximum absolute atomic E-state index is 13.8. The van der Waals surface area contributed by atoms with Crippen LogP contribution >= 0.6 is 0 Å². The number of amides is 1. The molecular formula is C34H42N2O12. The minimum absolute atomic E-state index is 0.0107. The number of carbonyl (C=O) groups is 6. The van der Waals surface area contributed by atoms with Crippen LogP contribution in [0.4, 0.5) is 5.69 Å². The van der Waals surface area contributed by atoms with Crippen molar-refractivity contribution < 1.29 is 59.3 Å². The molecule has 0 saturated heterocycles. The molecular weight excluding hydrogens is 628 g/mol. The third kappa shape index (κ3) is 6.23. The molecule has 3 saturated carbocycles. The molecule has 1 aromatic carbocycles. The van der Waals surface area contributed by atoms with Crippen LogP contribution in [0.3, 0.4) is 0 Å². The Morgan fingerprint density at radius 1 is 1.10 bits per heavy atom. The largest absolute Gasteiger partial charge is 0.595 e. The maximum Gasteiger partial charge on any atom is 0.329 e. The van der Waals surface area contributed by atoms with Crippen LogP contribution < -0.4 is 10.5 Å². The molecule has 0 bridgehead atoms. The molecule has 0 aliphatic heterocycles. The number of hydrogen-bond acceptors (Lipinski definition) is 11. The number of aliphatic hydroxyl groups excluding tert-OH is 1. The fourth-order valence-electron chi connectivity index (χ4n) is 8.97. The number of fused-ring (bicyclic) bond motifs is 5. The second-order valence-corrected chi connectivity index (χ2v) is 14.1. The lowest BCUT2D eigenvalue weighted by Crippen LogP contribution is -2.99. The van der Waals surface area contributed by atoms with Gasteiger partial charge in [0, 0.05) is 42.7 Å². The van der Waals surface area contributed by atoms with Crippen molar-refractivity contribution in [2.75, 3.05) is 6.61 Å². The Bertz CT molecular complexity index is 1560. The minimum atomic E-state index is -1.90. The molecule has 0 spiro atoms. The zero-order chi connectivity index (χ0) is 35.2. The second kappa shape index (κ2) is 13.2. The minimum Gasteiger partial charge on any atom is -0.595 e. The molecule has 14 heteroatoms. The second-order valence-electron chi connectivity index (χ2n) is 14.1. The first-order valence-corrected chi connectivity index (χ1v) is 16.2. The molecule has 6 N–H and O–H groups in total. The van der Waals surface area contributed by atoms with Crippen LogP contribution in [-0.2, 0) is 33.5 Å². The summed E-state index contributed by atoms with van der Waals surface area (Å²) in [4.78, 5) is 76.1. The number of rotatable bonds is 11. The summed E-state index contributed by atoms with van der Waals surface area (Å²) in [6.07, 6.45) is 1.80. The van der Waals surface area contributed by atoms with Crippen molar-refractivity contribution in [3.63, 3.8) is 0 Å². The number of allylic oxidation sites excluding steroid dienone is 1. The van der Waals surface area contributed by atoms with Gasteiger partial charge in [-0.05, 0) is 61.0 Å². The van der Waals surface area contributed by atoms with E-state index in [1.807, 2.05) is 0 Å². The maximum atomic E-state index is 13.8. The van der Waals surface area contributed by atoms with E-state index in [0.29, 0.717) is 32.1 Å². The lowest BCUT2D eigenvalue weighted by Gasteiger charge is -2.57. The van der Waals surface area contributed by atoms with Crippen molar-refractivity contribution >= 4 is 40.9 Å². The quantitative estimate of drug-likeness (QED) is 0.143. The molecule has 0 radical (unpaired) electrons. The summed E-state index contributed by atoms with van der Waals surface area (Å²) in [5.74, 6) is -4.61. The van der Waals surface area contributed by atoms with Crippen molar-refractivity contribution in [1.82, 2.24) is 5.32 Å². The summed E-state index contributed by atoms with van der Waals surface area (Å²) < 4.78 is 5.12. The number of Topliss-reactive ketones (excluding diaryl/α,β-unsaturated/α-hetero) is 2. The Morgan fingerprint density at radius 3 is 2.52 bits per heavy atom. The molecule has 4 aliphatic rings. The number of ether oxygens (including phenoxy) is 1. The molecule has 1 unspecified atom stereocenters. The van der Waals surface area contributed by atoms with Gasteiger partial charge in [0.1, 0.15) is 17.5 Å². The van der Waals surface area contributed by atoms with E-state index in [-0.39, 0.29) is 53.4 Å². The Hall–Kier alpha value is -3.82. The molecule has 4 aliphatic carbocycles. The van der Waals surface area contributed by atoms with Crippen molar-refractivity contribution in [2.24, 2.45) is 28.6 Å². The summed E-state index contributed by atoms with van der Waals surface area (Å²) in [7, 11) is 0. The highest BCUT2D eigenvalue weighted by molar-refractivity contribution is 5.95. The van der Waals surface area contributed by atoms with Gasteiger partial charge in [0.2, 0.25) is 11.7 Å². The van der Waals surface area contributed by atoms with Gasteiger partial charge in [0.25, 0.3) is 0 Å². The summed E-state index contributed by atoms with van der Waals surface area (Å²) in [6.45, 7) is 3.04. The van der Waals surface area contributed by atoms with Gasteiger partial charge in [-0.15, -0.1) is 0 Å². The number of nitrogens with one attached hydrogen (secondary N) is 2. The fourth-order valence-corrected chi connectivity index (χ4v) is 8.97. The van der Waals surface area contributed by atoms with Gasteiger partial charge in [0.05, 0.1) is 6.42 Å². The topological polar surface area (TPSA) is 232 Å². The van der Waals surface area contributed by atoms with Crippen molar-refractivity contribution in [1.29, 1.82) is 0 Å². The van der Waals surface area contributed by atoms with Gasteiger partial charge < -0.3 is 30.6 Å². The SMILES string of the molecule is C[C@]12CCC(=O)C=C1CC[C@H]1[C@H]2C(=O)C[C@]2(C)[C@@H]1CC[C@]2(O)C(=O)COC(=O)CCC(=O)N[C@H](C(=O)O)[C@H](O)c1cccc([NH+]([O-])O)c1. The van der Waals surface area contributed by atoms with Crippen LogP contribution in [0.2, 0.25) is 0 Å². The van der Waals surface area contributed by atoms with Crippen LogP contribution in [-0.4, -0.2) is 74.0 Å². The zero-order valence-corrected chi connectivity index (χ0v) is 26.9. The lowest BCUT2D eigenvalue weighted by atomic mass is 9.46.